The zero-order chi connectivity index (χ0) is 21.1. The van der Waals surface area contributed by atoms with E-state index in [1.807, 2.05) is 6.07 Å². The Bertz CT molecular complexity index is 971. The van der Waals surface area contributed by atoms with Crippen LogP contribution in [-0.4, -0.2) is 53.0 Å². The summed E-state index contributed by atoms with van der Waals surface area (Å²) in [6.45, 7) is 4.52. The first-order valence-corrected chi connectivity index (χ1v) is 10.8. The number of thiocarbonyl (C=S) groups is 1. The summed E-state index contributed by atoms with van der Waals surface area (Å²) in [7, 11) is 3.31. The molecule has 0 unspecified atom stereocenters. The molecule has 7 nitrogen and oxygen atoms in total. The van der Waals surface area contributed by atoms with Gasteiger partial charge in [0.2, 0.25) is 0 Å². The number of aromatic nitrogens is 1. The Balaban J connectivity index is 2.07. The predicted molar refractivity (Wildman–Crippen MR) is 119 cm³/mol. The maximum absolute atomic E-state index is 12.9. The molecule has 3 rings (SSSR count). The van der Waals surface area contributed by atoms with Gasteiger partial charge in [0, 0.05) is 46.0 Å². The first-order valence-electron chi connectivity index (χ1n) is 9.53. The molecule has 0 aromatic carbocycles. The number of thioether (sulfide) groups is 1. The van der Waals surface area contributed by atoms with Crippen LogP contribution < -0.4 is 10.5 Å². The van der Waals surface area contributed by atoms with Gasteiger partial charge in [0.25, 0.3) is 11.5 Å². The Labute approximate surface area is 179 Å². The summed E-state index contributed by atoms with van der Waals surface area (Å²) in [4.78, 5) is 29.9. The van der Waals surface area contributed by atoms with Crippen LogP contribution in [0.5, 0.6) is 0 Å². The molecule has 2 saturated heterocycles. The van der Waals surface area contributed by atoms with E-state index in [-0.39, 0.29) is 17.0 Å². The number of nitrogens with zero attached hydrogens (tertiary/aromatic N) is 4. The van der Waals surface area contributed by atoms with Crippen LogP contribution in [0, 0.1) is 18.3 Å². The van der Waals surface area contributed by atoms with Crippen LogP contribution >= 0.6 is 24.0 Å². The first-order chi connectivity index (χ1) is 13.9. The van der Waals surface area contributed by atoms with Crippen molar-refractivity contribution >= 4 is 46.1 Å². The van der Waals surface area contributed by atoms with E-state index in [2.05, 4.69) is 4.90 Å². The molecule has 0 saturated carbocycles. The van der Waals surface area contributed by atoms with E-state index in [0.717, 1.165) is 37.3 Å². The average Bonchev–Trinajstić information content (AvgIpc) is 3.31. The Morgan fingerprint density at radius 1 is 1.31 bits per heavy atom. The van der Waals surface area contributed by atoms with Gasteiger partial charge < -0.3 is 9.64 Å². The van der Waals surface area contributed by atoms with Crippen molar-refractivity contribution in [1.29, 1.82) is 5.26 Å². The van der Waals surface area contributed by atoms with E-state index in [1.165, 1.54) is 16.3 Å². The number of ether oxygens (including phenoxy) is 1. The van der Waals surface area contributed by atoms with Crippen LogP contribution in [0.4, 0.5) is 5.82 Å². The van der Waals surface area contributed by atoms with Crippen molar-refractivity contribution < 1.29 is 9.53 Å². The van der Waals surface area contributed by atoms with Crippen LogP contribution in [0.15, 0.2) is 9.70 Å². The summed E-state index contributed by atoms with van der Waals surface area (Å²) in [5.74, 6) is 0.615. The smallest absolute Gasteiger partial charge is 0.270 e. The summed E-state index contributed by atoms with van der Waals surface area (Å²) < 4.78 is 7.11. The quantitative estimate of drug-likeness (QED) is 0.388. The Hall–Kier alpha value is -2.15. The molecular formula is C20H24N4O3S2. The highest BCUT2D eigenvalue weighted by Gasteiger charge is 2.33. The second-order valence-corrected chi connectivity index (χ2v) is 8.76. The molecule has 1 aromatic heterocycles. The van der Waals surface area contributed by atoms with E-state index in [9.17, 15) is 14.9 Å². The monoisotopic (exact) mass is 432 g/mol. The number of methoxy groups -OCH3 is 1. The summed E-state index contributed by atoms with van der Waals surface area (Å²) in [6.07, 6.45) is 4.59. The van der Waals surface area contributed by atoms with Gasteiger partial charge in [-0.25, -0.2) is 0 Å². The van der Waals surface area contributed by atoms with Gasteiger partial charge in [-0.3, -0.25) is 19.1 Å². The summed E-state index contributed by atoms with van der Waals surface area (Å²) in [5.41, 5.74) is 1.14. The van der Waals surface area contributed by atoms with Crippen molar-refractivity contribution in [2.75, 3.05) is 38.3 Å². The van der Waals surface area contributed by atoms with Crippen molar-refractivity contribution in [2.45, 2.75) is 26.2 Å². The summed E-state index contributed by atoms with van der Waals surface area (Å²) in [5, 5.41) is 9.51. The van der Waals surface area contributed by atoms with E-state index < -0.39 is 0 Å². The lowest BCUT2D eigenvalue weighted by molar-refractivity contribution is -0.122. The van der Waals surface area contributed by atoms with Gasteiger partial charge in [-0.05, 0) is 37.8 Å². The lowest BCUT2D eigenvalue weighted by Gasteiger charge is -2.25. The fourth-order valence-electron chi connectivity index (χ4n) is 3.71. The molecular weight excluding hydrogens is 408 g/mol. The maximum atomic E-state index is 12.9. The molecule has 2 fully saturated rings. The van der Waals surface area contributed by atoms with Crippen LogP contribution in [0.3, 0.4) is 0 Å². The number of anilines is 1. The minimum atomic E-state index is -0.309. The highest BCUT2D eigenvalue weighted by atomic mass is 32.2. The topological polar surface area (TPSA) is 78.6 Å². The number of hydrogen-bond acceptors (Lipinski definition) is 7. The highest BCUT2D eigenvalue weighted by molar-refractivity contribution is 8.26. The third kappa shape index (κ3) is 4.10. The molecule has 0 radical (unpaired) electrons. The third-order valence-electron chi connectivity index (χ3n) is 5.25. The second kappa shape index (κ2) is 9.11. The van der Waals surface area contributed by atoms with Crippen molar-refractivity contribution in [1.82, 2.24) is 9.47 Å². The van der Waals surface area contributed by atoms with E-state index in [1.54, 1.807) is 32.1 Å². The molecule has 2 aliphatic heterocycles. The second-order valence-electron chi connectivity index (χ2n) is 7.09. The molecule has 0 aliphatic carbocycles. The summed E-state index contributed by atoms with van der Waals surface area (Å²) >= 11 is 6.65. The molecule has 0 N–H and O–H groups in total. The molecule has 29 heavy (non-hydrogen) atoms. The first kappa shape index (κ1) is 21.6. The molecule has 3 heterocycles. The fourth-order valence-corrected chi connectivity index (χ4v) is 5.00. The Kier molecular flexibility index (Phi) is 6.77. The Morgan fingerprint density at radius 2 is 2.00 bits per heavy atom. The lowest BCUT2D eigenvalue weighted by atomic mass is 10.0. The zero-order valence-corrected chi connectivity index (χ0v) is 18.5. The normalized spacial score (nSPS) is 18.2. The molecule has 2 aliphatic rings. The third-order valence-corrected chi connectivity index (χ3v) is 6.63. The van der Waals surface area contributed by atoms with E-state index in [4.69, 9.17) is 17.0 Å². The van der Waals surface area contributed by atoms with Gasteiger partial charge in [-0.1, -0.05) is 24.0 Å². The van der Waals surface area contributed by atoms with E-state index >= 15 is 0 Å². The van der Waals surface area contributed by atoms with Crippen LogP contribution in [0.1, 0.15) is 36.0 Å². The lowest BCUT2D eigenvalue weighted by Crippen LogP contribution is -2.31. The number of carbonyl (C=O) groups is 1. The van der Waals surface area contributed by atoms with Gasteiger partial charge in [-0.2, -0.15) is 5.26 Å². The number of pyridine rings is 1. The molecule has 9 heteroatoms. The average molecular weight is 433 g/mol. The molecule has 0 bridgehead atoms. The SMILES string of the molecule is COCCCN1C(=O)C(=Cc2c(C)c(C#N)c(=O)n(C)c2N2CCCC2)SC1=S. The number of hydrogen-bond donors (Lipinski definition) is 0. The molecule has 0 atom stereocenters. The minimum absolute atomic E-state index is 0.109. The van der Waals surface area contributed by atoms with Gasteiger partial charge in [-0.15, -0.1) is 0 Å². The van der Waals surface area contributed by atoms with Gasteiger partial charge in [0.1, 0.15) is 21.8 Å². The van der Waals surface area contributed by atoms with Crippen molar-refractivity contribution in [3.63, 3.8) is 0 Å². The standard InChI is InChI=1S/C20H24N4O3S2/c1-13-14(11-16-19(26)24(20(28)29-16)9-6-10-27-3)17(23-7-4-5-8-23)22(2)18(25)15(13)12-21/h11H,4-10H2,1-3H3. The van der Waals surface area contributed by atoms with Crippen molar-refractivity contribution in [2.24, 2.45) is 7.05 Å². The zero-order valence-electron chi connectivity index (χ0n) is 16.9. The highest BCUT2D eigenvalue weighted by Crippen LogP contribution is 2.36. The van der Waals surface area contributed by atoms with E-state index in [0.29, 0.717) is 34.4 Å². The largest absolute Gasteiger partial charge is 0.385 e. The minimum Gasteiger partial charge on any atom is -0.385 e. The molecule has 0 spiro atoms. The molecule has 154 valence electrons. The number of rotatable bonds is 6. The van der Waals surface area contributed by atoms with Crippen molar-refractivity contribution in [3.8, 4) is 6.07 Å². The Morgan fingerprint density at radius 3 is 2.62 bits per heavy atom. The number of nitriles is 1. The number of carbonyl (C=O) groups excluding carboxylic acids is 1. The van der Waals surface area contributed by atoms with Gasteiger partial charge in [0.05, 0.1) is 4.91 Å². The summed E-state index contributed by atoms with van der Waals surface area (Å²) in [6, 6.07) is 2.03. The van der Waals surface area contributed by atoms with Crippen molar-refractivity contribution in [3.05, 3.63) is 31.9 Å². The molecule has 1 aromatic rings. The van der Waals surface area contributed by atoms with Crippen LogP contribution in [0.2, 0.25) is 0 Å². The van der Waals surface area contributed by atoms with Crippen LogP contribution in [0.25, 0.3) is 6.08 Å². The van der Waals surface area contributed by atoms with Gasteiger partial charge in [0.15, 0.2) is 0 Å². The fraction of sp³-hybridized carbons (Fsp3) is 0.500. The van der Waals surface area contributed by atoms with Gasteiger partial charge >= 0.3 is 0 Å². The van der Waals surface area contributed by atoms with Crippen LogP contribution in [-0.2, 0) is 16.6 Å². The molecule has 1 amide bonds. The predicted octanol–water partition coefficient (Wildman–Crippen LogP) is 2.40. The number of amides is 1. The maximum Gasteiger partial charge on any atom is 0.270 e.